The summed E-state index contributed by atoms with van der Waals surface area (Å²) in [6, 6.07) is 15.5. The number of hydrogen-bond acceptors (Lipinski definition) is 5. The van der Waals surface area contributed by atoms with Crippen molar-refractivity contribution in [3.05, 3.63) is 70.8 Å². The average Bonchev–Trinajstić information content (AvgIpc) is 3.25. The average molecular weight is 409 g/mol. The van der Waals surface area contributed by atoms with Crippen LogP contribution in [0.5, 0.6) is 0 Å². The maximum Gasteiger partial charge on any atom is 0.250 e. The first-order valence-electron chi connectivity index (χ1n) is 9.44. The number of aromatic nitrogens is 4. The van der Waals surface area contributed by atoms with Gasteiger partial charge < -0.3 is 9.80 Å². The Morgan fingerprint density at radius 1 is 1.07 bits per heavy atom. The first-order chi connectivity index (χ1) is 14.1. The van der Waals surface area contributed by atoms with Gasteiger partial charge in [-0.25, -0.2) is 0 Å². The smallest absolute Gasteiger partial charge is 0.250 e. The van der Waals surface area contributed by atoms with Crippen LogP contribution in [0.4, 0.5) is 5.95 Å². The monoisotopic (exact) mass is 408 g/mol. The maximum atomic E-state index is 12.5. The molecule has 0 saturated carbocycles. The third-order valence-corrected chi connectivity index (χ3v) is 5.35. The highest BCUT2D eigenvalue weighted by Gasteiger charge is 2.23. The molecule has 1 aromatic heterocycles. The summed E-state index contributed by atoms with van der Waals surface area (Å²) in [5.74, 6) is 0.678. The summed E-state index contributed by atoms with van der Waals surface area (Å²) in [6.07, 6.45) is 3.40. The molecule has 29 heavy (non-hydrogen) atoms. The van der Waals surface area contributed by atoms with Crippen LogP contribution in [0.25, 0.3) is 11.8 Å². The van der Waals surface area contributed by atoms with Crippen molar-refractivity contribution in [2.75, 3.05) is 31.1 Å². The molecule has 7 nitrogen and oxygen atoms in total. The minimum atomic E-state index is -0.0102. The highest BCUT2D eigenvalue weighted by atomic mass is 35.5. The number of rotatable bonds is 4. The Morgan fingerprint density at radius 3 is 2.55 bits per heavy atom. The third kappa shape index (κ3) is 4.30. The molecule has 1 fully saturated rings. The Kier molecular flexibility index (Phi) is 5.57. The number of tetrazole rings is 1. The van der Waals surface area contributed by atoms with Crippen LogP contribution in [-0.4, -0.2) is 57.2 Å². The molecule has 0 spiro atoms. The first-order valence-corrected chi connectivity index (χ1v) is 9.81. The van der Waals surface area contributed by atoms with Crippen molar-refractivity contribution in [3.8, 4) is 5.69 Å². The molecule has 2 heterocycles. The number of benzene rings is 2. The summed E-state index contributed by atoms with van der Waals surface area (Å²) in [4.78, 5) is 16.5. The molecule has 3 aromatic rings. The van der Waals surface area contributed by atoms with Crippen molar-refractivity contribution >= 4 is 29.5 Å². The summed E-state index contributed by atoms with van der Waals surface area (Å²) in [6.45, 7) is 4.51. The van der Waals surface area contributed by atoms with Gasteiger partial charge in [-0.3, -0.25) is 4.79 Å². The van der Waals surface area contributed by atoms with Crippen LogP contribution in [0.3, 0.4) is 0 Å². The van der Waals surface area contributed by atoms with Gasteiger partial charge in [0.25, 0.3) is 0 Å². The van der Waals surface area contributed by atoms with E-state index in [9.17, 15) is 4.79 Å². The van der Waals surface area contributed by atoms with Crippen LogP contribution < -0.4 is 4.90 Å². The molecule has 0 unspecified atom stereocenters. The van der Waals surface area contributed by atoms with E-state index in [1.807, 2.05) is 60.4 Å². The summed E-state index contributed by atoms with van der Waals surface area (Å²) in [5, 5.41) is 12.8. The number of halogens is 1. The molecule has 1 aliphatic rings. The fraction of sp³-hybridized carbons (Fsp3) is 0.238. The molecule has 4 rings (SSSR count). The van der Waals surface area contributed by atoms with E-state index in [0.717, 1.165) is 16.8 Å². The Labute approximate surface area is 174 Å². The molecule has 148 valence electrons. The van der Waals surface area contributed by atoms with Gasteiger partial charge in [0.05, 0.1) is 5.69 Å². The van der Waals surface area contributed by atoms with Gasteiger partial charge in [-0.15, -0.1) is 0 Å². The van der Waals surface area contributed by atoms with Crippen molar-refractivity contribution in [1.82, 2.24) is 25.1 Å². The molecule has 2 aromatic carbocycles. The van der Waals surface area contributed by atoms with E-state index >= 15 is 0 Å². The molecule has 0 N–H and O–H groups in total. The largest absolute Gasteiger partial charge is 0.336 e. The molecular formula is C21H21ClN6O. The van der Waals surface area contributed by atoms with Crippen molar-refractivity contribution in [2.24, 2.45) is 0 Å². The van der Waals surface area contributed by atoms with Gasteiger partial charge in [-0.05, 0) is 52.8 Å². The molecule has 0 atom stereocenters. The van der Waals surface area contributed by atoms with Crippen LogP contribution in [-0.2, 0) is 4.79 Å². The number of hydrogen-bond donors (Lipinski definition) is 0. The summed E-state index contributed by atoms with van der Waals surface area (Å²) in [5.41, 5.74) is 2.84. The zero-order valence-corrected chi connectivity index (χ0v) is 16.8. The Morgan fingerprint density at radius 2 is 1.83 bits per heavy atom. The third-order valence-electron chi connectivity index (χ3n) is 4.94. The quantitative estimate of drug-likeness (QED) is 0.621. The van der Waals surface area contributed by atoms with E-state index in [0.29, 0.717) is 37.1 Å². The lowest BCUT2D eigenvalue weighted by Crippen LogP contribution is -2.49. The second-order valence-corrected chi connectivity index (χ2v) is 7.29. The summed E-state index contributed by atoms with van der Waals surface area (Å²) < 4.78 is 1.72. The van der Waals surface area contributed by atoms with E-state index < -0.39 is 0 Å². The Bertz CT molecular complexity index is 1020. The summed E-state index contributed by atoms with van der Waals surface area (Å²) >= 11 is 6.15. The van der Waals surface area contributed by atoms with E-state index in [4.69, 9.17) is 11.6 Å². The minimum Gasteiger partial charge on any atom is -0.336 e. The van der Waals surface area contributed by atoms with Gasteiger partial charge in [-0.2, -0.15) is 4.68 Å². The number of nitrogens with zero attached hydrogens (tertiary/aromatic N) is 6. The van der Waals surface area contributed by atoms with Crippen LogP contribution in [0, 0.1) is 6.92 Å². The lowest BCUT2D eigenvalue weighted by Gasteiger charge is -2.34. The van der Waals surface area contributed by atoms with Gasteiger partial charge in [0.1, 0.15) is 0 Å². The van der Waals surface area contributed by atoms with Crippen LogP contribution in [0.15, 0.2) is 54.6 Å². The lowest BCUT2D eigenvalue weighted by atomic mass is 10.1. The molecule has 8 heteroatoms. The standard InChI is InChI=1S/C21H21ClN6O/c1-16-7-8-17(15-19(16)22)9-10-20(29)26-11-13-27(14-12-26)21-23-24-25-28(21)18-5-3-2-4-6-18/h2-10,15H,11-14H2,1H3/b10-9+. The van der Waals surface area contributed by atoms with Crippen molar-refractivity contribution in [1.29, 1.82) is 0 Å². The zero-order chi connectivity index (χ0) is 20.2. The number of carbonyl (C=O) groups is 1. The molecule has 0 aliphatic carbocycles. The molecule has 0 bridgehead atoms. The molecule has 1 aliphatic heterocycles. The number of anilines is 1. The Balaban J connectivity index is 1.39. The highest BCUT2D eigenvalue weighted by Crippen LogP contribution is 2.19. The zero-order valence-electron chi connectivity index (χ0n) is 16.1. The summed E-state index contributed by atoms with van der Waals surface area (Å²) in [7, 11) is 0. The van der Waals surface area contributed by atoms with E-state index in [1.165, 1.54) is 0 Å². The number of aryl methyl sites for hydroxylation is 1. The maximum absolute atomic E-state index is 12.5. The fourth-order valence-corrected chi connectivity index (χ4v) is 3.42. The normalized spacial score (nSPS) is 14.6. The number of piperazine rings is 1. The lowest BCUT2D eigenvalue weighted by molar-refractivity contribution is -0.126. The van der Waals surface area contributed by atoms with Crippen molar-refractivity contribution < 1.29 is 4.79 Å². The molecule has 1 amide bonds. The topological polar surface area (TPSA) is 67.2 Å². The Hall–Kier alpha value is -3.19. The van der Waals surface area contributed by atoms with Crippen molar-refractivity contribution in [3.63, 3.8) is 0 Å². The van der Waals surface area contributed by atoms with Gasteiger partial charge in [-0.1, -0.05) is 47.0 Å². The first kappa shape index (κ1) is 19.1. The number of carbonyl (C=O) groups excluding carboxylic acids is 1. The van der Waals surface area contributed by atoms with Gasteiger partial charge in [0.15, 0.2) is 0 Å². The van der Waals surface area contributed by atoms with Crippen LogP contribution >= 0.6 is 11.6 Å². The SMILES string of the molecule is Cc1ccc(/C=C/C(=O)N2CCN(c3nnnn3-c3ccccc3)CC2)cc1Cl. The van der Waals surface area contributed by atoms with Gasteiger partial charge in [0.2, 0.25) is 11.9 Å². The second-order valence-electron chi connectivity index (χ2n) is 6.88. The predicted molar refractivity (Wildman–Crippen MR) is 113 cm³/mol. The van der Waals surface area contributed by atoms with E-state index in [-0.39, 0.29) is 5.91 Å². The number of para-hydroxylation sites is 1. The van der Waals surface area contributed by atoms with Crippen LogP contribution in [0.1, 0.15) is 11.1 Å². The second kappa shape index (κ2) is 8.45. The van der Waals surface area contributed by atoms with Crippen molar-refractivity contribution in [2.45, 2.75) is 6.92 Å². The van der Waals surface area contributed by atoms with Gasteiger partial charge in [0, 0.05) is 37.3 Å². The van der Waals surface area contributed by atoms with Gasteiger partial charge >= 0.3 is 0 Å². The van der Waals surface area contributed by atoms with Crippen LogP contribution in [0.2, 0.25) is 5.02 Å². The van der Waals surface area contributed by atoms with E-state index in [1.54, 1.807) is 16.8 Å². The fourth-order valence-electron chi connectivity index (χ4n) is 3.23. The minimum absolute atomic E-state index is 0.0102. The number of amides is 1. The molecular weight excluding hydrogens is 388 g/mol. The van der Waals surface area contributed by atoms with E-state index in [2.05, 4.69) is 20.4 Å². The molecule has 0 radical (unpaired) electrons. The molecule has 1 saturated heterocycles. The predicted octanol–water partition coefficient (Wildman–Crippen LogP) is 2.99. The highest BCUT2D eigenvalue weighted by molar-refractivity contribution is 6.31.